The van der Waals surface area contributed by atoms with Crippen molar-refractivity contribution in [3.63, 3.8) is 0 Å². The van der Waals surface area contributed by atoms with Gasteiger partial charge in [0.2, 0.25) is 5.91 Å². The maximum Gasteiger partial charge on any atom is 0.234 e. The van der Waals surface area contributed by atoms with Gasteiger partial charge in [0.1, 0.15) is 5.75 Å². The molecule has 1 aliphatic heterocycles. The lowest BCUT2D eigenvalue weighted by Gasteiger charge is -2.22. The molecule has 1 unspecified atom stereocenters. The Balaban J connectivity index is 0.00000220. The van der Waals surface area contributed by atoms with Gasteiger partial charge in [-0.1, -0.05) is 18.2 Å². The molecule has 1 aromatic carbocycles. The van der Waals surface area contributed by atoms with Crippen molar-refractivity contribution in [3.05, 3.63) is 29.8 Å². The molecule has 1 atom stereocenters. The molecule has 5 nitrogen and oxygen atoms in total. The van der Waals surface area contributed by atoms with Crippen molar-refractivity contribution in [2.75, 3.05) is 26.7 Å². The van der Waals surface area contributed by atoms with Gasteiger partial charge in [-0.05, 0) is 25.5 Å². The standard InChI is InChI=1S/C15H23N3O2.ClH/c1-20-14-7-3-2-5-12(14)10-17-15(19)11-18-8-4-6-13(18)9-16;/h2-3,5,7,13H,4,6,8-11,16H2,1H3,(H,17,19);1H. The Morgan fingerprint density at radius 2 is 2.24 bits per heavy atom. The van der Waals surface area contributed by atoms with E-state index in [1.54, 1.807) is 7.11 Å². The minimum atomic E-state index is 0. The Kier molecular flexibility index (Phi) is 7.50. The predicted molar refractivity (Wildman–Crippen MR) is 85.7 cm³/mol. The minimum absolute atomic E-state index is 0. The third-order valence-corrected chi connectivity index (χ3v) is 3.79. The second kappa shape index (κ2) is 8.87. The summed E-state index contributed by atoms with van der Waals surface area (Å²) in [7, 11) is 1.64. The van der Waals surface area contributed by atoms with Crippen molar-refractivity contribution in [1.82, 2.24) is 10.2 Å². The van der Waals surface area contributed by atoms with E-state index in [0.717, 1.165) is 30.7 Å². The lowest BCUT2D eigenvalue weighted by Crippen LogP contribution is -2.42. The summed E-state index contributed by atoms with van der Waals surface area (Å²) in [6.07, 6.45) is 2.22. The number of likely N-dealkylation sites (tertiary alicyclic amines) is 1. The summed E-state index contributed by atoms with van der Waals surface area (Å²) >= 11 is 0. The predicted octanol–water partition coefficient (Wildman–Crippen LogP) is 1.16. The summed E-state index contributed by atoms with van der Waals surface area (Å²) in [5.41, 5.74) is 6.70. The normalized spacial score (nSPS) is 18.1. The van der Waals surface area contributed by atoms with Crippen LogP contribution >= 0.6 is 12.4 Å². The first kappa shape index (κ1) is 17.8. The molecule has 0 aliphatic carbocycles. The van der Waals surface area contributed by atoms with Gasteiger partial charge in [-0.2, -0.15) is 0 Å². The molecule has 6 heteroatoms. The summed E-state index contributed by atoms with van der Waals surface area (Å²) < 4.78 is 5.27. The molecule has 1 amide bonds. The second-order valence-electron chi connectivity index (χ2n) is 5.09. The van der Waals surface area contributed by atoms with E-state index in [2.05, 4.69) is 10.2 Å². The first-order valence-corrected chi connectivity index (χ1v) is 7.07. The number of benzene rings is 1. The van der Waals surface area contributed by atoms with Crippen LogP contribution in [0.5, 0.6) is 5.75 Å². The van der Waals surface area contributed by atoms with Crippen molar-refractivity contribution < 1.29 is 9.53 Å². The lowest BCUT2D eigenvalue weighted by atomic mass is 10.2. The fourth-order valence-electron chi connectivity index (χ4n) is 2.65. The maximum atomic E-state index is 12.0. The van der Waals surface area contributed by atoms with Gasteiger partial charge < -0.3 is 15.8 Å². The van der Waals surface area contributed by atoms with Crippen LogP contribution in [0.1, 0.15) is 18.4 Å². The summed E-state index contributed by atoms with van der Waals surface area (Å²) in [6, 6.07) is 8.06. The van der Waals surface area contributed by atoms with Crippen LogP contribution in [0.4, 0.5) is 0 Å². The fourth-order valence-corrected chi connectivity index (χ4v) is 2.65. The van der Waals surface area contributed by atoms with Crippen LogP contribution < -0.4 is 15.8 Å². The van der Waals surface area contributed by atoms with Gasteiger partial charge in [-0.15, -0.1) is 12.4 Å². The quantitative estimate of drug-likeness (QED) is 0.827. The number of rotatable bonds is 6. The number of nitrogens with zero attached hydrogens (tertiary/aromatic N) is 1. The molecule has 0 spiro atoms. The molecule has 3 N–H and O–H groups in total. The second-order valence-corrected chi connectivity index (χ2v) is 5.09. The molecule has 1 aliphatic rings. The first-order valence-electron chi connectivity index (χ1n) is 7.07. The Labute approximate surface area is 132 Å². The molecule has 0 aromatic heterocycles. The molecule has 1 fully saturated rings. The molecular formula is C15H24ClN3O2. The molecule has 0 radical (unpaired) electrons. The van der Waals surface area contributed by atoms with Gasteiger partial charge in [0.25, 0.3) is 0 Å². The van der Waals surface area contributed by atoms with Crippen molar-refractivity contribution in [3.8, 4) is 5.75 Å². The van der Waals surface area contributed by atoms with Crippen LogP contribution in [0.25, 0.3) is 0 Å². The van der Waals surface area contributed by atoms with Crippen molar-refractivity contribution in [2.24, 2.45) is 5.73 Å². The number of hydrogen-bond donors (Lipinski definition) is 2. The number of methoxy groups -OCH3 is 1. The molecule has 0 saturated carbocycles. The van der Waals surface area contributed by atoms with Crippen LogP contribution in [-0.2, 0) is 11.3 Å². The molecule has 118 valence electrons. The summed E-state index contributed by atoms with van der Waals surface area (Å²) in [5, 5.41) is 2.94. The van der Waals surface area contributed by atoms with Crippen LogP contribution in [0.15, 0.2) is 24.3 Å². The van der Waals surface area contributed by atoms with E-state index in [-0.39, 0.29) is 18.3 Å². The zero-order chi connectivity index (χ0) is 14.4. The number of ether oxygens (including phenoxy) is 1. The molecule has 1 saturated heterocycles. The van der Waals surface area contributed by atoms with Gasteiger partial charge in [0, 0.05) is 24.7 Å². The van der Waals surface area contributed by atoms with E-state index in [0.29, 0.717) is 25.7 Å². The highest BCUT2D eigenvalue weighted by molar-refractivity contribution is 5.85. The Bertz CT molecular complexity index is 456. The Hall–Kier alpha value is -1.30. The van der Waals surface area contributed by atoms with Gasteiger partial charge in [0.05, 0.1) is 13.7 Å². The van der Waals surface area contributed by atoms with Gasteiger partial charge in [0.15, 0.2) is 0 Å². The van der Waals surface area contributed by atoms with E-state index >= 15 is 0 Å². The monoisotopic (exact) mass is 313 g/mol. The molecule has 1 heterocycles. The van der Waals surface area contributed by atoms with E-state index in [9.17, 15) is 4.79 Å². The summed E-state index contributed by atoms with van der Waals surface area (Å²) in [5.74, 6) is 0.838. The van der Waals surface area contributed by atoms with E-state index in [1.165, 1.54) is 0 Å². The average Bonchev–Trinajstić information content (AvgIpc) is 2.92. The van der Waals surface area contributed by atoms with Crippen molar-refractivity contribution in [1.29, 1.82) is 0 Å². The number of halogens is 1. The number of nitrogens with one attached hydrogen (secondary N) is 1. The summed E-state index contributed by atoms with van der Waals surface area (Å²) in [4.78, 5) is 14.2. The van der Waals surface area contributed by atoms with Gasteiger partial charge in [-0.3, -0.25) is 9.69 Å². The maximum absolute atomic E-state index is 12.0. The van der Waals surface area contributed by atoms with Crippen molar-refractivity contribution >= 4 is 18.3 Å². The average molecular weight is 314 g/mol. The highest BCUT2D eigenvalue weighted by Crippen LogP contribution is 2.17. The molecule has 0 bridgehead atoms. The third kappa shape index (κ3) is 4.88. The Morgan fingerprint density at radius 1 is 1.48 bits per heavy atom. The largest absolute Gasteiger partial charge is 0.496 e. The Morgan fingerprint density at radius 3 is 2.95 bits per heavy atom. The molecule has 2 rings (SSSR count). The van der Waals surface area contributed by atoms with Crippen LogP contribution in [0, 0.1) is 0 Å². The minimum Gasteiger partial charge on any atom is -0.496 e. The van der Waals surface area contributed by atoms with Crippen LogP contribution in [-0.4, -0.2) is 43.6 Å². The third-order valence-electron chi connectivity index (χ3n) is 3.79. The number of carbonyl (C=O) groups excluding carboxylic acids is 1. The number of amides is 1. The lowest BCUT2D eigenvalue weighted by molar-refractivity contribution is -0.122. The zero-order valence-corrected chi connectivity index (χ0v) is 13.2. The smallest absolute Gasteiger partial charge is 0.234 e. The van der Waals surface area contributed by atoms with Gasteiger partial charge >= 0.3 is 0 Å². The molecular weight excluding hydrogens is 290 g/mol. The van der Waals surface area contributed by atoms with E-state index in [4.69, 9.17) is 10.5 Å². The topological polar surface area (TPSA) is 67.6 Å². The van der Waals surface area contributed by atoms with Crippen LogP contribution in [0.3, 0.4) is 0 Å². The highest BCUT2D eigenvalue weighted by atomic mass is 35.5. The number of carbonyl (C=O) groups is 1. The van der Waals surface area contributed by atoms with Crippen LogP contribution in [0.2, 0.25) is 0 Å². The van der Waals surface area contributed by atoms with E-state index < -0.39 is 0 Å². The van der Waals surface area contributed by atoms with Crippen molar-refractivity contribution in [2.45, 2.75) is 25.4 Å². The fraction of sp³-hybridized carbons (Fsp3) is 0.533. The van der Waals surface area contributed by atoms with Gasteiger partial charge in [-0.25, -0.2) is 0 Å². The van der Waals surface area contributed by atoms with E-state index in [1.807, 2.05) is 24.3 Å². The molecule has 1 aromatic rings. The zero-order valence-electron chi connectivity index (χ0n) is 12.4. The number of para-hydroxylation sites is 1. The number of hydrogen-bond acceptors (Lipinski definition) is 4. The molecule has 21 heavy (non-hydrogen) atoms. The summed E-state index contributed by atoms with van der Waals surface area (Å²) in [6.45, 7) is 2.50. The number of nitrogens with two attached hydrogens (primary N) is 1. The SMILES string of the molecule is COc1ccccc1CNC(=O)CN1CCCC1CN.Cl. The highest BCUT2D eigenvalue weighted by Gasteiger charge is 2.24. The first-order chi connectivity index (χ1) is 9.74.